The Balaban J connectivity index is 1.82. The van der Waals surface area contributed by atoms with Crippen molar-refractivity contribution in [2.45, 2.75) is 37.9 Å². The Labute approximate surface area is 76.3 Å². The van der Waals surface area contributed by atoms with E-state index < -0.39 is 0 Å². The van der Waals surface area contributed by atoms with Gasteiger partial charge in [0.15, 0.2) is 5.82 Å². The van der Waals surface area contributed by atoms with Crippen LogP contribution in [0.25, 0.3) is 0 Å². The molecule has 1 atom stereocenters. The summed E-state index contributed by atoms with van der Waals surface area (Å²) in [6.07, 6.45) is 2.09. The molecule has 0 amide bonds. The van der Waals surface area contributed by atoms with Gasteiger partial charge >= 0.3 is 0 Å². The Morgan fingerprint density at radius 1 is 1.62 bits per heavy atom. The zero-order chi connectivity index (χ0) is 9.26. The summed E-state index contributed by atoms with van der Waals surface area (Å²) in [7, 11) is 0. The summed E-state index contributed by atoms with van der Waals surface area (Å²) in [4.78, 5) is 0. The van der Waals surface area contributed by atoms with Gasteiger partial charge in [-0.1, -0.05) is 5.21 Å². The largest absolute Gasteiger partial charge is 0.328 e. The quantitative estimate of drug-likeness (QED) is 0.577. The summed E-state index contributed by atoms with van der Waals surface area (Å²) in [5.41, 5.74) is 5.67. The minimum atomic E-state index is 0.149. The normalized spacial score (nSPS) is 29.7. The van der Waals surface area contributed by atoms with Crippen LogP contribution in [0.2, 0.25) is 0 Å². The van der Waals surface area contributed by atoms with Crippen molar-refractivity contribution >= 4 is 0 Å². The van der Waals surface area contributed by atoms with Gasteiger partial charge in [0, 0.05) is 12.1 Å². The molecule has 2 rings (SSSR count). The van der Waals surface area contributed by atoms with E-state index >= 15 is 0 Å². The SMILES string of the molecule is CC(NC1CC(N)C1)c1nn[nH]n1. The van der Waals surface area contributed by atoms with E-state index in [2.05, 4.69) is 25.9 Å². The first kappa shape index (κ1) is 8.58. The first-order chi connectivity index (χ1) is 6.25. The smallest absolute Gasteiger partial charge is 0.191 e. The second-order valence-corrected chi connectivity index (χ2v) is 3.59. The van der Waals surface area contributed by atoms with Gasteiger partial charge in [-0.2, -0.15) is 5.21 Å². The van der Waals surface area contributed by atoms with Crippen LogP contribution in [-0.4, -0.2) is 32.7 Å². The van der Waals surface area contributed by atoms with Gasteiger partial charge < -0.3 is 11.1 Å². The van der Waals surface area contributed by atoms with Crippen molar-refractivity contribution in [3.63, 3.8) is 0 Å². The Bertz CT molecular complexity index is 252. The second-order valence-electron chi connectivity index (χ2n) is 3.59. The Morgan fingerprint density at radius 2 is 2.38 bits per heavy atom. The van der Waals surface area contributed by atoms with E-state index in [1.807, 2.05) is 6.92 Å². The van der Waals surface area contributed by atoms with Crippen molar-refractivity contribution in [3.8, 4) is 0 Å². The first-order valence-corrected chi connectivity index (χ1v) is 4.50. The highest BCUT2D eigenvalue weighted by molar-refractivity contribution is 4.93. The molecule has 4 N–H and O–H groups in total. The maximum atomic E-state index is 5.67. The molecule has 72 valence electrons. The molecule has 1 unspecified atom stereocenters. The van der Waals surface area contributed by atoms with E-state index in [-0.39, 0.29) is 6.04 Å². The first-order valence-electron chi connectivity index (χ1n) is 4.50. The van der Waals surface area contributed by atoms with Crippen LogP contribution in [0.4, 0.5) is 0 Å². The molecule has 0 spiro atoms. The fourth-order valence-electron chi connectivity index (χ4n) is 1.58. The van der Waals surface area contributed by atoms with Crippen molar-refractivity contribution < 1.29 is 0 Å². The topological polar surface area (TPSA) is 92.5 Å². The number of rotatable bonds is 3. The van der Waals surface area contributed by atoms with Crippen molar-refractivity contribution in [2.75, 3.05) is 0 Å². The minimum Gasteiger partial charge on any atom is -0.328 e. The summed E-state index contributed by atoms with van der Waals surface area (Å²) < 4.78 is 0. The number of tetrazole rings is 1. The number of nitrogens with zero attached hydrogens (tertiary/aromatic N) is 3. The van der Waals surface area contributed by atoms with Crippen molar-refractivity contribution in [1.29, 1.82) is 0 Å². The molecule has 1 aliphatic rings. The summed E-state index contributed by atoms with van der Waals surface area (Å²) in [5.74, 6) is 0.709. The van der Waals surface area contributed by atoms with Crippen LogP contribution in [0, 0.1) is 0 Å². The standard InChI is InChI=1S/C7H14N6/c1-4(7-10-12-13-11-7)9-6-2-5(8)3-6/h4-6,9H,2-3,8H2,1H3,(H,10,11,12,13). The number of nitrogens with two attached hydrogens (primary N) is 1. The van der Waals surface area contributed by atoms with Crippen LogP contribution < -0.4 is 11.1 Å². The predicted octanol–water partition coefficient (Wildman–Crippen LogP) is -0.660. The lowest BCUT2D eigenvalue weighted by atomic mass is 9.87. The molecule has 1 heterocycles. The molecule has 1 fully saturated rings. The van der Waals surface area contributed by atoms with E-state index in [0.29, 0.717) is 17.9 Å². The molecule has 13 heavy (non-hydrogen) atoms. The van der Waals surface area contributed by atoms with Crippen LogP contribution in [-0.2, 0) is 0 Å². The van der Waals surface area contributed by atoms with E-state index in [4.69, 9.17) is 5.73 Å². The average Bonchev–Trinajstić information content (AvgIpc) is 2.53. The molecule has 6 nitrogen and oxygen atoms in total. The van der Waals surface area contributed by atoms with Crippen molar-refractivity contribution in [3.05, 3.63) is 5.82 Å². The summed E-state index contributed by atoms with van der Waals surface area (Å²) in [5, 5.41) is 17.1. The highest BCUT2D eigenvalue weighted by atomic mass is 15.5. The highest BCUT2D eigenvalue weighted by Crippen LogP contribution is 2.20. The van der Waals surface area contributed by atoms with Gasteiger partial charge in [-0.25, -0.2) is 0 Å². The third-order valence-electron chi connectivity index (χ3n) is 2.41. The number of aromatic amines is 1. The zero-order valence-electron chi connectivity index (χ0n) is 7.57. The average molecular weight is 182 g/mol. The molecular formula is C7H14N6. The zero-order valence-corrected chi connectivity index (χ0v) is 7.57. The van der Waals surface area contributed by atoms with Gasteiger partial charge in [-0.3, -0.25) is 0 Å². The van der Waals surface area contributed by atoms with E-state index in [1.54, 1.807) is 0 Å². The third-order valence-corrected chi connectivity index (χ3v) is 2.41. The van der Waals surface area contributed by atoms with Crippen LogP contribution in [0.1, 0.15) is 31.6 Å². The van der Waals surface area contributed by atoms with E-state index in [9.17, 15) is 0 Å². The van der Waals surface area contributed by atoms with Gasteiger partial charge in [0.05, 0.1) is 6.04 Å². The lowest BCUT2D eigenvalue weighted by molar-refractivity contribution is 0.269. The second kappa shape index (κ2) is 3.39. The third kappa shape index (κ3) is 1.84. The molecule has 1 aromatic heterocycles. The molecule has 0 aromatic carbocycles. The minimum absolute atomic E-state index is 0.149. The fourth-order valence-corrected chi connectivity index (χ4v) is 1.58. The highest BCUT2D eigenvalue weighted by Gasteiger charge is 2.27. The molecule has 1 aliphatic carbocycles. The molecule has 0 aliphatic heterocycles. The molecule has 0 saturated heterocycles. The number of H-pyrrole nitrogens is 1. The molecule has 1 saturated carbocycles. The van der Waals surface area contributed by atoms with Crippen LogP contribution in [0.3, 0.4) is 0 Å². The Hall–Kier alpha value is -1.01. The van der Waals surface area contributed by atoms with Gasteiger partial charge in [-0.15, -0.1) is 10.2 Å². The number of hydrogen-bond donors (Lipinski definition) is 3. The number of aromatic nitrogens is 4. The molecule has 1 aromatic rings. The molecule has 0 bridgehead atoms. The summed E-state index contributed by atoms with van der Waals surface area (Å²) in [6, 6.07) is 1.04. The van der Waals surface area contributed by atoms with Gasteiger partial charge in [0.25, 0.3) is 0 Å². The molecular weight excluding hydrogens is 168 g/mol. The Morgan fingerprint density at radius 3 is 2.92 bits per heavy atom. The van der Waals surface area contributed by atoms with Crippen LogP contribution >= 0.6 is 0 Å². The maximum Gasteiger partial charge on any atom is 0.191 e. The Kier molecular flexibility index (Phi) is 2.24. The lowest BCUT2D eigenvalue weighted by Crippen LogP contribution is -2.49. The maximum absolute atomic E-state index is 5.67. The van der Waals surface area contributed by atoms with Crippen molar-refractivity contribution in [2.24, 2.45) is 5.73 Å². The van der Waals surface area contributed by atoms with Crippen LogP contribution in [0.15, 0.2) is 0 Å². The van der Waals surface area contributed by atoms with Crippen LogP contribution in [0.5, 0.6) is 0 Å². The van der Waals surface area contributed by atoms with Gasteiger partial charge in [0.1, 0.15) is 0 Å². The number of hydrogen-bond acceptors (Lipinski definition) is 5. The van der Waals surface area contributed by atoms with E-state index in [1.165, 1.54) is 0 Å². The summed E-state index contributed by atoms with van der Waals surface area (Å²) in [6.45, 7) is 2.02. The fraction of sp³-hybridized carbons (Fsp3) is 0.857. The predicted molar refractivity (Wildman–Crippen MR) is 46.7 cm³/mol. The lowest BCUT2D eigenvalue weighted by Gasteiger charge is -2.34. The summed E-state index contributed by atoms with van der Waals surface area (Å²) >= 11 is 0. The molecule has 6 heteroatoms. The van der Waals surface area contributed by atoms with Gasteiger partial charge in [-0.05, 0) is 19.8 Å². The molecule has 0 radical (unpaired) electrons. The van der Waals surface area contributed by atoms with E-state index in [0.717, 1.165) is 12.8 Å². The number of nitrogens with one attached hydrogen (secondary N) is 2. The monoisotopic (exact) mass is 182 g/mol. The van der Waals surface area contributed by atoms with Gasteiger partial charge in [0.2, 0.25) is 0 Å². The van der Waals surface area contributed by atoms with Crippen molar-refractivity contribution in [1.82, 2.24) is 25.9 Å².